The number of fused-ring (bicyclic) bond motifs is 1. The van der Waals surface area contributed by atoms with Crippen molar-refractivity contribution in [1.82, 2.24) is 14.5 Å². The predicted octanol–water partition coefficient (Wildman–Crippen LogP) is 1.32. The van der Waals surface area contributed by atoms with Crippen molar-refractivity contribution in [3.05, 3.63) is 42.1 Å². The number of imidazole rings is 1. The molecule has 1 aliphatic rings. The molecule has 5 nitrogen and oxygen atoms in total. The van der Waals surface area contributed by atoms with Gasteiger partial charge in [-0.2, -0.15) is 0 Å². The zero-order valence-electron chi connectivity index (χ0n) is 10.5. The van der Waals surface area contributed by atoms with Gasteiger partial charge in [-0.25, -0.2) is 9.97 Å². The maximum Gasteiger partial charge on any atom is 0.129 e. The molecular weight excluding hydrogens is 226 g/mol. The summed E-state index contributed by atoms with van der Waals surface area (Å²) < 4.78 is 2.19. The van der Waals surface area contributed by atoms with Gasteiger partial charge in [-0.15, -0.1) is 0 Å². The lowest BCUT2D eigenvalue weighted by Gasteiger charge is -2.29. The van der Waals surface area contributed by atoms with E-state index in [-0.39, 0.29) is 6.04 Å². The fourth-order valence-electron chi connectivity index (χ4n) is 2.26. The van der Waals surface area contributed by atoms with E-state index in [0.29, 0.717) is 0 Å². The lowest BCUT2D eigenvalue weighted by atomic mass is 10.1. The third-order valence-corrected chi connectivity index (χ3v) is 3.36. The number of rotatable bonds is 2. The quantitative estimate of drug-likeness (QED) is 0.864. The van der Waals surface area contributed by atoms with E-state index in [4.69, 9.17) is 5.73 Å². The molecule has 0 aromatic carbocycles. The molecular formula is C13H17N5. The van der Waals surface area contributed by atoms with Gasteiger partial charge in [0.1, 0.15) is 11.6 Å². The Hall–Kier alpha value is -1.88. The largest absolute Gasteiger partial charge is 0.347 e. The molecule has 5 heteroatoms. The molecule has 0 aliphatic carbocycles. The molecule has 0 fully saturated rings. The maximum absolute atomic E-state index is 5.91. The number of nitrogens with zero attached hydrogens (tertiary/aromatic N) is 4. The van der Waals surface area contributed by atoms with Gasteiger partial charge in [-0.1, -0.05) is 0 Å². The van der Waals surface area contributed by atoms with Gasteiger partial charge in [0.25, 0.3) is 0 Å². The van der Waals surface area contributed by atoms with Gasteiger partial charge in [0, 0.05) is 37.7 Å². The van der Waals surface area contributed by atoms with Crippen molar-refractivity contribution in [3.63, 3.8) is 0 Å². The molecule has 94 valence electrons. The van der Waals surface area contributed by atoms with E-state index in [1.54, 1.807) is 0 Å². The Balaban J connectivity index is 1.86. The Morgan fingerprint density at radius 1 is 1.28 bits per heavy atom. The summed E-state index contributed by atoms with van der Waals surface area (Å²) in [6.45, 7) is 4.71. The van der Waals surface area contributed by atoms with Crippen molar-refractivity contribution in [2.75, 3.05) is 11.4 Å². The minimum Gasteiger partial charge on any atom is -0.347 e. The monoisotopic (exact) mass is 243 g/mol. The number of anilines is 1. The molecule has 0 spiro atoms. The number of aromatic nitrogens is 3. The summed E-state index contributed by atoms with van der Waals surface area (Å²) >= 11 is 0. The Morgan fingerprint density at radius 2 is 2.17 bits per heavy atom. The van der Waals surface area contributed by atoms with Crippen molar-refractivity contribution in [2.45, 2.75) is 26.1 Å². The van der Waals surface area contributed by atoms with Crippen molar-refractivity contribution in [1.29, 1.82) is 0 Å². The molecule has 0 amide bonds. The molecule has 1 aliphatic heterocycles. The Bertz CT molecular complexity index is 546. The zero-order chi connectivity index (χ0) is 12.5. The lowest BCUT2D eigenvalue weighted by molar-refractivity contribution is 0.556. The summed E-state index contributed by atoms with van der Waals surface area (Å²) in [5.41, 5.74) is 7.03. The number of hydrogen-bond donors (Lipinski definition) is 1. The number of nitrogens with two attached hydrogens (primary N) is 1. The van der Waals surface area contributed by atoms with Gasteiger partial charge in [0.2, 0.25) is 0 Å². The molecule has 2 aromatic heterocycles. The first kappa shape index (κ1) is 11.2. The average Bonchev–Trinajstić information content (AvgIpc) is 2.86. The van der Waals surface area contributed by atoms with Gasteiger partial charge in [0.05, 0.1) is 6.54 Å². The normalized spacial score (nSPS) is 16.4. The van der Waals surface area contributed by atoms with Gasteiger partial charge in [0.15, 0.2) is 0 Å². The van der Waals surface area contributed by atoms with Crippen LogP contribution in [0, 0.1) is 0 Å². The standard InChI is InChI=1S/C13H17N5/c1-10(14)11-2-3-15-12(8-11)18-7-6-17-5-4-16-13(17)9-18/h2-5,8,10H,6-7,9,14H2,1H3/t10-/m1/s1. The summed E-state index contributed by atoms with van der Waals surface area (Å²) in [6, 6.07) is 4.08. The highest BCUT2D eigenvalue weighted by atomic mass is 15.3. The van der Waals surface area contributed by atoms with Crippen LogP contribution in [-0.2, 0) is 13.1 Å². The van der Waals surface area contributed by atoms with E-state index in [2.05, 4.69) is 25.5 Å². The molecule has 18 heavy (non-hydrogen) atoms. The van der Waals surface area contributed by atoms with E-state index in [0.717, 1.165) is 36.8 Å². The summed E-state index contributed by atoms with van der Waals surface area (Å²) in [5.74, 6) is 2.08. The van der Waals surface area contributed by atoms with Crippen molar-refractivity contribution in [3.8, 4) is 0 Å². The molecule has 0 saturated carbocycles. The van der Waals surface area contributed by atoms with Crippen molar-refractivity contribution >= 4 is 5.82 Å². The predicted molar refractivity (Wildman–Crippen MR) is 70.1 cm³/mol. The topological polar surface area (TPSA) is 60.0 Å². The van der Waals surface area contributed by atoms with Crippen molar-refractivity contribution < 1.29 is 0 Å². The lowest BCUT2D eigenvalue weighted by Crippen LogP contribution is -2.34. The Kier molecular flexibility index (Phi) is 2.76. The third kappa shape index (κ3) is 1.97. The van der Waals surface area contributed by atoms with Crippen LogP contribution in [0.5, 0.6) is 0 Å². The smallest absolute Gasteiger partial charge is 0.129 e. The van der Waals surface area contributed by atoms with E-state index >= 15 is 0 Å². The molecule has 2 N–H and O–H groups in total. The van der Waals surface area contributed by atoms with Crippen LogP contribution in [0.15, 0.2) is 30.7 Å². The maximum atomic E-state index is 5.91. The van der Waals surface area contributed by atoms with Crippen LogP contribution in [-0.4, -0.2) is 21.1 Å². The van der Waals surface area contributed by atoms with Gasteiger partial charge in [-0.05, 0) is 24.6 Å². The number of hydrogen-bond acceptors (Lipinski definition) is 4. The summed E-state index contributed by atoms with van der Waals surface area (Å²) in [6.07, 6.45) is 5.71. The van der Waals surface area contributed by atoms with Crippen LogP contribution >= 0.6 is 0 Å². The second-order valence-electron chi connectivity index (χ2n) is 4.69. The van der Waals surface area contributed by atoms with Crippen LogP contribution in [0.1, 0.15) is 24.4 Å². The second-order valence-corrected chi connectivity index (χ2v) is 4.69. The first-order chi connectivity index (χ1) is 8.74. The Labute approximate surface area is 106 Å². The Morgan fingerprint density at radius 3 is 3.00 bits per heavy atom. The minimum absolute atomic E-state index is 0.0403. The SMILES string of the molecule is C[C@@H](N)c1ccnc(N2CCn3ccnc3C2)c1. The van der Waals surface area contributed by atoms with Crippen LogP contribution in [0.3, 0.4) is 0 Å². The summed E-state index contributed by atoms with van der Waals surface area (Å²) in [5, 5.41) is 0. The molecule has 0 radical (unpaired) electrons. The highest BCUT2D eigenvalue weighted by Crippen LogP contribution is 2.20. The first-order valence-electron chi connectivity index (χ1n) is 6.20. The van der Waals surface area contributed by atoms with E-state index in [9.17, 15) is 0 Å². The first-order valence-corrected chi connectivity index (χ1v) is 6.20. The van der Waals surface area contributed by atoms with Crippen LogP contribution in [0.4, 0.5) is 5.82 Å². The van der Waals surface area contributed by atoms with E-state index < -0.39 is 0 Å². The highest BCUT2D eigenvalue weighted by Gasteiger charge is 2.18. The van der Waals surface area contributed by atoms with E-state index in [1.807, 2.05) is 31.6 Å². The fraction of sp³-hybridized carbons (Fsp3) is 0.385. The third-order valence-electron chi connectivity index (χ3n) is 3.36. The minimum atomic E-state index is 0.0403. The zero-order valence-corrected chi connectivity index (χ0v) is 10.5. The molecule has 1 atom stereocenters. The van der Waals surface area contributed by atoms with Crippen LogP contribution in [0.25, 0.3) is 0 Å². The van der Waals surface area contributed by atoms with Gasteiger partial charge < -0.3 is 15.2 Å². The average molecular weight is 243 g/mol. The van der Waals surface area contributed by atoms with E-state index in [1.165, 1.54) is 0 Å². The molecule has 2 aromatic rings. The van der Waals surface area contributed by atoms with Crippen LogP contribution < -0.4 is 10.6 Å². The van der Waals surface area contributed by atoms with Gasteiger partial charge in [-0.3, -0.25) is 0 Å². The fourth-order valence-corrected chi connectivity index (χ4v) is 2.26. The van der Waals surface area contributed by atoms with Crippen LogP contribution in [0.2, 0.25) is 0 Å². The second kappa shape index (κ2) is 4.42. The molecule has 3 rings (SSSR count). The van der Waals surface area contributed by atoms with Crippen molar-refractivity contribution in [2.24, 2.45) is 5.73 Å². The summed E-state index contributed by atoms with van der Waals surface area (Å²) in [4.78, 5) is 11.0. The molecule has 0 bridgehead atoms. The molecule has 0 saturated heterocycles. The number of pyridine rings is 1. The van der Waals surface area contributed by atoms with Gasteiger partial charge >= 0.3 is 0 Å². The molecule has 0 unspecified atom stereocenters. The highest BCUT2D eigenvalue weighted by molar-refractivity contribution is 5.42. The molecule has 3 heterocycles. The summed E-state index contributed by atoms with van der Waals surface area (Å²) in [7, 11) is 0.